The SMILES string of the molecule is CCON(C(=O)O)c1ccccc1. The van der Waals surface area contributed by atoms with Crippen molar-refractivity contribution >= 4 is 11.8 Å². The lowest BCUT2D eigenvalue weighted by Crippen LogP contribution is -2.29. The highest BCUT2D eigenvalue weighted by atomic mass is 16.7. The second-order valence-corrected chi connectivity index (χ2v) is 2.33. The fraction of sp³-hybridized carbons (Fsp3) is 0.222. The van der Waals surface area contributed by atoms with E-state index < -0.39 is 6.09 Å². The second-order valence-electron chi connectivity index (χ2n) is 2.33. The van der Waals surface area contributed by atoms with E-state index in [2.05, 4.69) is 0 Å². The van der Waals surface area contributed by atoms with Gasteiger partial charge >= 0.3 is 6.09 Å². The number of nitrogens with zero attached hydrogens (tertiary/aromatic N) is 1. The molecule has 0 aliphatic rings. The Morgan fingerprint density at radius 3 is 2.54 bits per heavy atom. The van der Waals surface area contributed by atoms with Gasteiger partial charge in [-0.25, -0.2) is 4.79 Å². The molecule has 0 unspecified atom stereocenters. The average Bonchev–Trinajstić information content (AvgIpc) is 2.15. The molecule has 1 aromatic rings. The van der Waals surface area contributed by atoms with Crippen LogP contribution < -0.4 is 5.06 Å². The van der Waals surface area contributed by atoms with Crippen LogP contribution >= 0.6 is 0 Å². The minimum Gasteiger partial charge on any atom is -0.463 e. The van der Waals surface area contributed by atoms with Crippen LogP contribution in [0, 0.1) is 0 Å². The molecule has 1 aromatic carbocycles. The Kier molecular flexibility index (Phi) is 3.28. The van der Waals surface area contributed by atoms with Crippen LogP contribution in [0.15, 0.2) is 30.3 Å². The molecule has 0 fully saturated rings. The highest BCUT2D eigenvalue weighted by Crippen LogP contribution is 2.13. The first kappa shape index (κ1) is 9.54. The normalized spacial score (nSPS) is 9.62. The van der Waals surface area contributed by atoms with Crippen molar-refractivity contribution in [3.63, 3.8) is 0 Å². The van der Waals surface area contributed by atoms with Gasteiger partial charge in [0.2, 0.25) is 0 Å². The molecule has 0 aliphatic carbocycles. The van der Waals surface area contributed by atoms with Gasteiger partial charge in [0.15, 0.2) is 0 Å². The lowest BCUT2D eigenvalue weighted by atomic mass is 10.3. The predicted octanol–water partition coefficient (Wildman–Crippen LogP) is 2.12. The van der Waals surface area contributed by atoms with Crippen LogP contribution in [0.25, 0.3) is 0 Å². The van der Waals surface area contributed by atoms with Crippen molar-refractivity contribution < 1.29 is 14.7 Å². The number of amides is 1. The summed E-state index contributed by atoms with van der Waals surface area (Å²) in [6.45, 7) is 2.06. The molecule has 0 saturated heterocycles. The number of hydrogen-bond acceptors (Lipinski definition) is 2. The molecule has 70 valence electrons. The zero-order valence-electron chi connectivity index (χ0n) is 7.30. The van der Waals surface area contributed by atoms with Gasteiger partial charge < -0.3 is 5.11 Å². The number of rotatable bonds is 3. The standard InChI is InChI=1S/C9H11NO3/c1-2-13-10(9(11)12)8-6-4-3-5-7-8/h3-7H,2H2,1H3,(H,11,12). The van der Waals surface area contributed by atoms with Crippen LogP contribution in [0.5, 0.6) is 0 Å². The molecule has 0 bridgehead atoms. The number of benzene rings is 1. The fourth-order valence-corrected chi connectivity index (χ4v) is 0.933. The van der Waals surface area contributed by atoms with Crippen LogP contribution in [-0.2, 0) is 4.84 Å². The van der Waals surface area contributed by atoms with Crippen molar-refractivity contribution in [1.82, 2.24) is 0 Å². The van der Waals surface area contributed by atoms with E-state index in [1.807, 2.05) is 6.07 Å². The maximum absolute atomic E-state index is 10.7. The minimum absolute atomic E-state index is 0.321. The topological polar surface area (TPSA) is 49.8 Å². The Balaban J connectivity index is 2.82. The molecule has 0 aliphatic heterocycles. The Morgan fingerprint density at radius 1 is 1.46 bits per heavy atom. The van der Waals surface area contributed by atoms with E-state index in [4.69, 9.17) is 9.94 Å². The first-order valence-corrected chi connectivity index (χ1v) is 3.96. The summed E-state index contributed by atoms with van der Waals surface area (Å²) in [5, 5.41) is 9.61. The van der Waals surface area contributed by atoms with Crippen LogP contribution in [0.2, 0.25) is 0 Å². The minimum atomic E-state index is -1.12. The number of para-hydroxylation sites is 1. The summed E-state index contributed by atoms with van der Waals surface area (Å²) in [4.78, 5) is 15.6. The summed E-state index contributed by atoms with van der Waals surface area (Å²) in [6, 6.07) is 8.66. The number of anilines is 1. The number of hydrogen-bond donors (Lipinski definition) is 1. The molecule has 0 atom stereocenters. The van der Waals surface area contributed by atoms with Gasteiger partial charge in [-0.2, -0.15) is 5.06 Å². The van der Waals surface area contributed by atoms with Gasteiger partial charge in [0.05, 0.1) is 12.3 Å². The van der Waals surface area contributed by atoms with Gasteiger partial charge in [-0.15, -0.1) is 0 Å². The van der Waals surface area contributed by atoms with Crippen molar-refractivity contribution in [1.29, 1.82) is 0 Å². The molecule has 13 heavy (non-hydrogen) atoms. The summed E-state index contributed by atoms with van der Waals surface area (Å²) in [7, 11) is 0. The maximum atomic E-state index is 10.7. The Labute approximate surface area is 76.3 Å². The monoisotopic (exact) mass is 181 g/mol. The molecule has 0 radical (unpaired) electrons. The van der Waals surface area contributed by atoms with Crippen molar-refractivity contribution in [2.24, 2.45) is 0 Å². The van der Waals surface area contributed by atoms with E-state index in [0.717, 1.165) is 5.06 Å². The fourth-order valence-electron chi connectivity index (χ4n) is 0.933. The molecule has 0 spiro atoms. The molecule has 0 aromatic heterocycles. The summed E-state index contributed by atoms with van der Waals surface area (Å²) in [5.41, 5.74) is 0.511. The highest BCUT2D eigenvalue weighted by Gasteiger charge is 2.13. The zero-order chi connectivity index (χ0) is 9.68. The van der Waals surface area contributed by atoms with Gasteiger partial charge in [0, 0.05) is 0 Å². The predicted molar refractivity (Wildman–Crippen MR) is 48.6 cm³/mol. The van der Waals surface area contributed by atoms with E-state index in [9.17, 15) is 4.79 Å². The second kappa shape index (κ2) is 4.47. The first-order valence-electron chi connectivity index (χ1n) is 3.96. The van der Waals surface area contributed by atoms with Crippen molar-refractivity contribution in [3.8, 4) is 0 Å². The molecule has 0 saturated carbocycles. The lowest BCUT2D eigenvalue weighted by Gasteiger charge is -2.16. The van der Waals surface area contributed by atoms with E-state index in [1.54, 1.807) is 31.2 Å². The van der Waals surface area contributed by atoms with Crippen LogP contribution in [0.4, 0.5) is 10.5 Å². The summed E-state index contributed by atoms with van der Waals surface area (Å²) in [6.07, 6.45) is -1.12. The van der Waals surface area contributed by atoms with E-state index in [0.29, 0.717) is 12.3 Å². The third-order valence-corrected chi connectivity index (χ3v) is 1.42. The third kappa shape index (κ3) is 2.45. The highest BCUT2D eigenvalue weighted by molar-refractivity contribution is 5.83. The summed E-state index contributed by atoms with van der Waals surface area (Å²) >= 11 is 0. The van der Waals surface area contributed by atoms with Crippen molar-refractivity contribution in [3.05, 3.63) is 30.3 Å². The molecule has 0 heterocycles. The van der Waals surface area contributed by atoms with Crippen LogP contribution in [0.1, 0.15) is 6.92 Å². The smallest absolute Gasteiger partial charge is 0.436 e. The summed E-state index contributed by atoms with van der Waals surface area (Å²) < 4.78 is 0. The van der Waals surface area contributed by atoms with Gasteiger partial charge in [-0.3, -0.25) is 4.84 Å². The molecular formula is C9H11NO3. The molecule has 1 amide bonds. The van der Waals surface area contributed by atoms with Gasteiger partial charge in [0.1, 0.15) is 0 Å². The lowest BCUT2D eigenvalue weighted by molar-refractivity contribution is 0.103. The largest absolute Gasteiger partial charge is 0.463 e. The molecule has 4 heteroatoms. The van der Waals surface area contributed by atoms with Crippen LogP contribution in [-0.4, -0.2) is 17.8 Å². The first-order chi connectivity index (χ1) is 6.25. The number of carboxylic acid groups (broad SMARTS) is 1. The average molecular weight is 181 g/mol. The van der Waals surface area contributed by atoms with Crippen LogP contribution in [0.3, 0.4) is 0 Å². The molecule has 4 nitrogen and oxygen atoms in total. The van der Waals surface area contributed by atoms with Gasteiger partial charge in [-0.1, -0.05) is 18.2 Å². The Bertz CT molecular complexity index is 273. The van der Waals surface area contributed by atoms with E-state index in [-0.39, 0.29) is 0 Å². The maximum Gasteiger partial charge on any atom is 0.436 e. The van der Waals surface area contributed by atoms with Gasteiger partial charge in [-0.05, 0) is 19.1 Å². The van der Waals surface area contributed by atoms with E-state index in [1.165, 1.54) is 0 Å². The van der Waals surface area contributed by atoms with Gasteiger partial charge in [0.25, 0.3) is 0 Å². The van der Waals surface area contributed by atoms with Crippen molar-refractivity contribution in [2.75, 3.05) is 11.7 Å². The van der Waals surface area contributed by atoms with Crippen molar-refractivity contribution in [2.45, 2.75) is 6.92 Å². The Morgan fingerprint density at radius 2 is 2.08 bits per heavy atom. The molecule has 1 N–H and O–H groups in total. The number of carbonyl (C=O) groups is 1. The van der Waals surface area contributed by atoms with E-state index >= 15 is 0 Å². The Hall–Kier alpha value is -1.55. The quantitative estimate of drug-likeness (QED) is 0.726. The molecular weight excluding hydrogens is 170 g/mol. The zero-order valence-corrected chi connectivity index (χ0v) is 7.30. The molecule has 1 rings (SSSR count). The third-order valence-electron chi connectivity index (χ3n) is 1.42. The number of hydroxylamine groups is 1. The summed E-state index contributed by atoms with van der Waals surface area (Å²) in [5.74, 6) is 0.